The van der Waals surface area contributed by atoms with Crippen molar-refractivity contribution in [3.8, 4) is 0 Å². The third-order valence-electron chi connectivity index (χ3n) is 4.59. The van der Waals surface area contributed by atoms with Crippen LogP contribution in [0.15, 0.2) is 0 Å². The largest absolute Gasteiger partial charge is 0.314 e. The van der Waals surface area contributed by atoms with Crippen molar-refractivity contribution in [1.82, 2.24) is 5.32 Å². The normalized spacial score (nSPS) is 36.7. The average molecular weight is 181 g/mol. The molecule has 1 saturated heterocycles. The van der Waals surface area contributed by atoms with Crippen molar-refractivity contribution in [2.24, 2.45) is 10.8 Å². The lowest BCUT2D eigenvalue weighted by Gasteiger charge is -2.43. The Kier molecular flexibility index (Phi) is 2.18. The molecule has 1 nitrogen and oxygen atoms in total. The molecule has 1 spiro atoms. The third-order valence-corrected chi connectivity index (χ3v) is 4.59. The lowest BCUT2D eigenvalue weighted by Crippen LogP contribution is -2.39. The number of nitrogens with one attached hydrogen (secondary N) is 1. The molecular weight excluding hydrogens is 158 g/mol. The van der Waals surface area contributed by atoms with Crippen LogP contribution >= 0.6 is 0 Å². The van der Waals surface area contributed by atoms with Crippen molar-refractivity contribution >= 4 is 0 Å². The summed E-state index contributed by atoms with van der Waals surface area (Å²) in [5, 5.41) is 3.61. The maximum absolute atomic E-state index is 3.61. The molecule has 1 heteroatoms. The van der Waals surface area contributed by atoms with Crippen molar-refractivity contribution in [3.05, 3.63) is 0 Å². The highest BCUT2D eigenvalue weighted by molar-refractivity contribution is 4.98. The van der Waals surface area contributed by atoms with Crippen LogP contribution in [-0.4, -0.2) is 12.6 Å². The first-order valence-electron chi connectivity index (χ1n) is 5.78. The molecule has 0 radical (unpaired) electrons. The summed E-state index contributed by atoms with van der Waals surface area (Å²) in [6.07, 6.45) is 7.19. The van der Waals surface area contributed by atoms with E-state index in [-0.39, 0.29) is 0 Å². The van der Waals surface area contributed by atoms with E-state index in [1.54, 1.807) is 0 Å². The van der Waals surface area contributed by atoms with Gasteiger partial charge in [-0.15, -0.1) is 0 Å². The summed E-state index contributed by atoms with van der Waals surface area (Å²) < 4.78 is 0. The Morgan fingerprint density at radius 2 is 1.62 bits per heavy atom. The summed E-state index contributed by atoms with van der Waals surface area (Å²) >= 11 is 0. The Hall–Kier alpha value is -0.0400. The number of hydrogen-bond donors (Lipinski definition) is 1. The topological polar surface area (TPSA) is 12.0 Å². The molecule has 1 aliphatic carbocycles. The first kappa shape index (κ1) is 9.51. The van der Waals surface area contributed by atoms with Crippen LogP contribution in [0, 0.1) is 10.8 Å². The molecule has 2 aliphatic rings. The molecule has 0 aromatic carbocycles. The van der Waals surface area contributed by atoms with E-state index in [1.165, 1.54) is 38.6 Å². The fourth-order valence-electron chi connectivity index (χ4n) is 3.08. The minimum Gasteiger partial charge on any atom is -0.314 e. The van der Waals surface area contributed by atoms with Crippen LogP contribution in [0.3, 0.4) is 0 Å². The predicted octanol–water partition coefficient (Wildman–Crippen LogP) is 2.95. The summed E-state index contributed by atoms with van der Waals surface area (Å²) in [6.45, 7) is 8.48. The van der Waals surface area contributed by atoms with E-state index in [0.717, 1.165) is 6.04 Å². The Balaban J connectivity index is 2.04. The van der Waals surface area contributed by atoms with E-state index in [1.807, 2.05) is 0 Å². The molecule has 13 heavy (non-hydrogen) atoms. The molecule has 0 aromatic heterocycles. The highest BCUT2D eigenvalue weighted by Crippen LogP contribution is 2.50. The Morgan fingerprint density at radius 3 is 2.08 bits per heavy atom. The molecule has 0 amide bonds. The van der Waals surface area contributed by atoms with Crippen molar-refractivity contribution in [3.63, 3.8) is 0 Å². The maximum atomic E-state index is 3.61. The molecule has 1 atom stereocenters. The van der Waals surface area contributed by atoms with Crippen molar-refractivity contribution in [1.29, 1.82) is 0 Å². The van der Waals surface area contributed by atoms with Crippen LogP contribution in [0.4, 0.5) is 0 Å². The second-order valence-corrected chi connectivity index (χ2v) is 5.95. The molecule has 1 saturated carbocycles. The van der Waals surface area contributed by atoms with Crippen LogP contribution in [-0.2, 0) is 0 Å². The molecular formula is C12H23N. The first-order chi connectivity index (χ1) is 6.04. The molecule has 0 bridgehead atoms. The summed E-state index contributed by atoms with van der Waals surface area (Å²) in [5.74, 6) is 0. The Labute approximate surface area is 82.3 Å². The molecule has 76 valence electrons. The van der Waals surface area contributed by atoms with Gasteiger partial charge in [-0.3, -0.25) is 0 Å². The molecule has 2 fully saturated rings. The summed E-state index contributed by atoms with van der Waals surface area (Å²) in [7, 11) is 0. The Morgan fingerprint density at radius 1 is 1.00 bits per heavy atom. The van der Waals surface area contributed by atoms with E-state index in [2.05, 4.69) is 26.1 Å². The van der Waals surface area contributed by atoms with Gasteiger partial charge in [-0.2, -0.15) is 0 Å². The predicted molar refractivity (Wildman–Crippen MR) is 56.8 cm³/mol. The zero-order chi connectivity index (χ0) is 9.53. The van der Waals surface area contributed by atoms with Gasteiger partial charge in [0.2, 0.25) is 0 Å². The van der Waals surface area contributed by atoms with Gasteiger partial charge in [0.15, 0.2) is 0 Å². The van der Waals surface area contributed by atoms with Gasteiger partial charge >= 0.3 is 0 Å². The first-order valence-corrected chi connectivity index (χ1v) is 5.78. The van der Waals surface area contributed by atoms with E-state index >= 15 is 0 Å². The molecule has 0 aromatic rings. The fourth-order valence-corrected chi connectivity index (χ4v) is 3.08. The van der Waals surface area contributed by atoms with Crippen LogP contribution in [0.1, 0.15) is 52.9 Å². The third kappa shape index (κ3) is 1.63. The summed E-state index contributed by atoms with van der Waals surface area (Å²) in [6, 6.07) is 0.767. The van der Waals surface area contributed by atoms with Crippen molar-refractivity contribution < 1.29 is 0 Å². The molecule has 2 rings (SSSR count). The smallest absolute Gasteiger partial charge is 0.00956 e. The second kappa shape index (κ2) is 2.98. The van der Waals surface area contributed by atoms with E-state index in [4.69, 9.17) is 0 Å². The van der Waals surface area contributed by atoms with E-state index in [9.17, 15) is 0 Å². The van der Waals surface area contributed by atoms with Gasteiger partial charge in [0.1, 0.15) is 0 Å². The monoisotopic (exact) mass is 181 g/mol. The van der Waals surface area contributed by atoms with Gasteiger partial charge in [0.05, 0.1) is 0 Å². The molecule has 1 aliphatic heterocycles. The van der Waals surface area contributed by atoms with Gasteiger partial charge in [-0.1, -0.05) is 13.8 Å². The fraction of sp³-hybridized carbons (Fsp3) is 1.00. The lowest BCUT2D eigenvalue weighted by atomic mass is 9.62. The van der Waals surface area contributed by atoms with Gasteiger partial charge in [0.25, 0.3) is 0 Å². The van der Waals surface area contributed by atoms with Crippen molar-refractivity contribution in [2.75, 3.05) is 6.54 Å². The van der Waals surface area contributed by atoms with Crippen LogP contribution in [0.25, 0.3) is 0 Å². The highest BCUT2D eigenvalue weighted by Gasteiger charge is 2.44. The van der Waals surface area contributed by atoms with Crippen molar-refractivity contribution in [2.45, 2.75) is 58.9 Å². The molecule has 1 heterocycles. The number of rotatable bonds is 0. The number of hydrogen-bond acceptors (Lipinski definition) is 1. The Bertz CT molecular complexity index is 185. The zero-order valence-electron chi connectivity index (χ0n) is 9.32. The van der Waals surface area contributed by atoms with Crippen LogP contribution < -0.4 is 5.32 Å². The highest BCUT2D eigenvalue weighted by atomic mass is 15.0. The van der Waals surface area contributed by atoms with Gasteiger partial charge in [0, 0.05) is 6.04 Å². The zero-order valence-corrected chi connectivity index (χ0v) is 9.32. The molecule has 1 N–H and O–H groups in total. The van der Waals surface area contributed by atoms with Gasteiger partial charge in [-0.25, -0.2) is 0 Å². The van der Waals surface area contributed by atoms with Gasteiger partial charge in [-0.05, 0) is 56.4 Å². The second-order valence-electron chi connectivity index (χ2n) is 5.95. The van der Waals surface area contributed by atoms with E-state index in [0.29, 0.717) is 10.8 Å². The SMILES string of the molecule is CC1NCCC12CCC(C)(C)CC2. The minimum absolute atomic E-state index is 0.619. The van der Waals surface area contributed by atoms with Crippen LogP contribution in [0.5, 0.6) is 0 Å². The summed E-state index contributed by atoms with van der Waals surface area (Å²) in [4.78, 5) is 0. The molecule has 1 unspecified atom stereocenters. The quantitative estimate of drug-likeness (QED) is 0.606. The van der Waals surface area contributed by atoms with Gasteiger partial charge < -0.3 is 5.32 Å². The summed E-state index contributed by atoms with van der Waals surface area (Å²) in [5.41, 5.74) is 1.29. The average Bonchev–Trinajstić information content (AvgIpc) is 2.41. The van der Waals surface area contributed by atoms with Crippen LogP contribution in [0.2, 0.25) is 0 Å². The maximum Gasteiger partial charge on any atom is 0.00956 e. The standard InChI is InChI=1S/C12H23N/c1-10-12(8-9-13-10)6-4-11(2,3)5-7-12/h10,13H,4-9H2,1-3H3. The van der Waals surface area contributed by atoms with E-state index < -0.39 is 0 Å². The lowest BCUT2D eigenvalue weighted by molar-refractivity contribution is 0.0934. The minimum atomic E-state index is 0.619.